The van der Waals surface area contributed by atoms with Gasteiger partial charge < -0.3 is 15.2 Å². The minimum absolute atomic E-state index is 0.260. The topological polar surface area (TPSA) is 44.5 Å². The van der Waals surface area contributed by atoms with E-state index in [1.165, 1.54) is 0 Å². The first-order valence-corrected chi connectivity index (χ1v) is 4.99. The zero-order chi connectivity index (χ0) is 12.9. The fourth-order valence-corrected chi connectivity index (χ4v) is 1.27. The van der Waals surface area contributed by atoms with Crippen LogP contribution in [0.2, 0.25) is 0 Å². The molecule has 0 atom stereocenters. The van der Waals surface area contributed by atoms with Crippen LogP contribution < -0.4 is 10.5 Å². The fraction of sp³-hybridized carbons (Fsp3) is 0.455. The smallest absolute Gasteiger partial charge is 0.411 e. The number of aryl methyl sites for hydroxylation is 1. The molecule has 0 spiro atoms. The van der Waals surface area contributed by atoms with Crippen molar-refractivity contribution in [2.45, 2.75) is 19.6 Å². The van der Waals surface area contributed by atoms with Crippen molar-refractivity contribution < 1.29 is 22.6 Å². The Hall–Kier alpha value is -1.27. The van der Waals surface area contributed by atoms with Crippen molar-refractivity contribution in [2.75, 3.05) is 13.4 Å². The summed E-state index contributed by atoms with van der Waals surface area (Å²) in [6.07, 6.45) is -4.34. The highest BCUT2D eigenvalue weighted by molar-refractivity contribution is 5.36. The first kappa shape index (κ1) is 13.8. The lowest BCUT2D eigenvalue weighted by Crippen LogP contribution is -2.19. The molecule has 0 amide bonds. The Kier molecular flexibility index (Phi) is 4.77. The Morgan fingerprint density at radius 2 is 2.00 bits per heavy atom. The van der Waals surface area contributed by atoms with Gasteiger partial charge in [-0.3, -0.25) is 0 Å². The van der Waals surface area contributed by atoms with Crippen molar-refractivity contribution in [2.24, 2.45) is 5.73 Å². The molecular formula is C11H14F3NO2. The molecule has 2 N–H and O–H groups in total. The summed E-state index contributed by atoms with van der Waals surface area (Å²) < 4.78 is 44.8. The normalized spacial score (nSPS) is 11.6. The van der Waals surface area contributed by atoms with Gasteiger partial charge in [0.1, 0.15) is 12.4 Å². The van der Waals surface area contributed by atoms with Crippen LogP contribution in [-0.2, 0) is 11.3 Å². The van der Waals surface area contributed by atoms with Gasteiger partial charge in [0.05, 0.1) is 0 Å². The molecule has 1 aromatic rings. The van der Waals surface area contributed by atoms with Gasteiger partial charge >= 0.3 is 6.18 Å². The zero-order valence-electron chi connectivity index (χ0n) is 9.38. The van der Waals surface area contributed by atoms with Crippen LogP contribution in [0.1, 0.15) is 11.1 Å². The highest BCUT2D eigenvalue weighted by Crippen LogP contribution is 2.20. The standard InChI is InChI=1S/C11H14F3NO2/c1-8-2-3-10(9(4-8)5-15)17-7-16-6-11(12,13)14/h2-4H,5-7,15H2,1H3. The van der Waals surface area contributed by atoms with Crippen LogP contribution in [0.3, 0.4) is 0 Å². The van der Waals surface area contributed by atoms with Crippen molar-refractivity contribution in [3.63, 3.8) is 0 Å². The van der Waals surface area contributed by atoms with Gasteiger partial charge in [0.25, 0.3) is 0 Å². The molecule has 6 heteroatoms. The number of alkyl halides is 3. The molecule has 0 radical (unpaired) electrons. The summed E-state index contributed by atoms with van der Waals surface area (Å²) in [6, 6.07) is 5.27. The Balaban J connectivity index is 2.46. The maximum absolute atomic E-state index is 11.8. The third-order valence-corrected chi connectivity index (χ3v) is 2.00. The van der Waals surface area contributed by atoms with E-state index in [1.54, 1.807) is 12.1 Å². The molecule has 0 fully saturated rings. The molecule has 1 rings (SSSR count). The van der Waals surface area contributed by atoms with E-state index in [-0.39, 0.29) is 6.54 Å². The molecule has 0 unspecified atom stereocenters. The minimum Gasteiger partial charge on any atom is -0.467 e. The summed E-state index contributed by atoms with van der Waals surface area (Å²) in [5, 5.41) is 0. The van der Waals surface area contributed by atoms with E-state index in [9.17, 15) is 13.2 Å². The van der Waals surface area contributed by atoms with Crippen LogP contribution in [0.25, 0.3) is 0 Å². The van der Waals surface area contributed by atoms with E-state index >= 15 is 0 Å². The quantitative estimate of drug-likeness (QED) is 0.643. The molecule has 0 bridgehead atoms. The number of nitrogens with two attached hydrogens (primary N) is 1. The Morgan fingerprint density at radius 3 is 2.59 bits per heavy atom. The first-order chi connectivity index (χ1) is 7.92. The van der Waals surface area contributed by atoms with E-state index in [4.69, 9.17) is 10.5 Å². The van der Waals surface area contributed by atoms with Crippen molar-refractivity contribution in [1.29, 1.82) is 0 Å². The Morgan fingerprint density at radius 1 is 1.29 bits per heavy atom. The van der Waals surface area contributed by atoms with E-state index in [1.807, 2.05) is 13.0 Å². The summed E-state index contributed by atoms with van der Waals surface area (Å²) in [5.41, 5.74) is 7.24. The largest absolute Gasteiger partial charge is 0.467 e. The van der Waals surface area contributed by atoms with Crippen LogP contribution in [0.5, 0.6) is 5.75 Å². The van der Waals surface area contributed by atoms with E-state index in [2.05, 4.69) is 4.74 Å². The number of benzene rings is 1. The minimum atomic E-state index is -4.34. The van der Waals surface area contributed by atoms with Crippen molar-refractivity contribution >= 4 is 0 Å². The number of rotatable bonds is 5. The van der Waals surface area contributed by atoms with Gasteiger partial charge in [-0.15, -0.1) is 0 Å². The van der Waals surface area contributed by atoms with Crippen molar-refractivity contribution in [3.8, 4) is 5.75 Å². The van der Waals surface area contributed by atoms with Gasteiger partial charge in [-0.2, -0.15) is 13.2 Å². The predicted octanol–water partition coefficient (Wildman–Crippen LogP) is 2.37. The molecular weight excluding hydrogens is 235 g/mol. The third-order valence-electron chi connectivity index (χ3n) is 2.00. The predicted molar refractivity (Wildman–Crippen MR) is 56.6 cm³/mol. The van der Waals surface area contributed by atoms with Crippen LogP contribution in [0.4, 0.5) is 13.2 Å². The lowest BCUT2D eigenvalue weighted by molar-refractivity contribution is -0.186. The average molecular weight is 249 g/mol. The maximum atomic E-state index is 11.8. The van der Waals surface area contributed by atoms with Crippen LogP contribution >= 0.6 is 0 Å². The molecule has 1 aromatic carbocycles. The average Bonchev–Trinajstić information content (AvgIpc) is 2.24. The maximum Gasteiger partial charge on any atom is 0.411 e. The molecule has 3 nitrogen and oxygen atoms in total. The summed E-state index contributed by atoms with van der Waals surface area (Å²) in [7, 11) is 0. The molecule has 0 aliphatic rings. The van der Waals surface area contributed by atoms with Gasteiger partial charge in [-0.05, 0) is 13.0 Å². The second-order valence-electron chi connectivity index (χ2n) is 3.54. The van der Waals surface area contributed by atoms with Crippen molar-refractivity contribution in [1.82, 2.24) is 0 Å². The molecule has 0 aliphatic heterocycles. The Bertz CT molecular complexity index is 366. The monoisotopic (exact) mass is 249 g/mol. The fourth-order valence-electron chi connectivity index (χ4n) is 1.27. The van der Waals surface area contributed by atoms with Crippen LogP contribution in [-0.4, -0.2) is 19.6 Å². The number of hydrogen-bond acceptors (Lipinski definition) is 3. The highest BCUT2D eigenvalue weighted by Gasteiger charge is 2.27. The number of ether oxygens (including phenoxy) is 2. The molecule has 0 aromatic heterocycles. The van der Waals surface area contributed by atoms with E-state index in [0.717, 1.165) is 11.1 Å². The van der Waals surface area contributed by atoms with Gasteiger partial charge in [0.2, 0.25) is 0 Å². The second kappa shape index (κ2) is 5.88. The SMILES string of the molecule is Cc1ccc(OCOCC(F)(F)F)c(CN)c1. The van der Waals surface area contributed by atoms with Gasteiger partial charge in [0.15, 0.2) is 6.79 Å². The lowest BCUT2D eigenvalue weighted by Gasteiger charge is -2.12. The molecule has 0 heterocycles. The summed E-state index contributed by atoms with van der Waals surface area (Å²) in [6.45, 7) is 0.381. The first-order valence-electron chi connectivity index (χ1n) is 4.99. The van der Waals surface area contributed by atoms with E-state index < -0.39 is 19.6 Å². The van der Waals surface area contributed by atoms with Gasteiger partial charge in [0, 0.05) is 12.1 Å². The summed E-state index contributed by atoms with van der Waals surface area (Å²) in [4.78, 5) is 0. The molecule has 96 valence electrons. The molecule has 0 saturated heterocycles. The van der Waals surface area contributed by atoms with Gasteiger partial charge in [-0.1, -0.05) is 17.7 Å². The third kappa shape index (κ3) is 5.06. The van der Waals surface area contributed by atoms with E-state index in [0.29, 0.717) is 5.75 Å². The molecule has 0 saturated carbocycles. The van der Waals surface area contributed by atoms with Crippen LogP contribution in [0.15, 0.2) is 18.2 Å². The molecule has 17 heavy (non-hydrogen) atoms. The van der Waals surface area contributed by atoms with Crippen LogP contribution in [0, 0.1) is 6.92 Å². The number of hydrogen-bond donors (Lipinski definition) is 1. The van der Waals surface area contributed by atoms with Gasteiger partial charge in [-0.25, -0.2) is 0 Å². The van der Waals surface area contributed by atoms with Crippen molar-refractivity contribution in [3.05, 3.63) is 29.3 Å². The second-order valence-corrected chi connectivity index (χ2v) is 3.54. The molecule has 0 aliphatic carbocycles. The summed E-state index contributed by atoms with van der Waals surface area (Å²) in [5.74, 6) is 0.445. The number of halogens is 3. The lowest BCUT2D eigenvalue weighted by atomic mass is 10.1. The highest BCUT2D eigenvalue weighted by atomic mass is 19.4. The Labute approximate surface area is 97.3 Å². The zero-order valence-corrected chi connectivity index (χ0v) is 9.38. The summed E-state index contributed by atoms with van der Waals surface area (Å²) >= 11 is 0.